The molecule has 9 heteroatoms. The smallest absolute Gasteiger partial charge is 0.348 e. The number of carbonyl (C=O) groups is 1. The van der Waals surface area contributed by atoms with E-state index < -0.39 is 0 Å². The Kier molecular flexibility index (Phi) is 4.58. The number of carbonyl (C=O) groups excluding carboxylic acids is 1. The fourth-order valence-electron chi connectivity index (χ4n) is 2.08. The molecule has 0 aliphatic carbocycles. The molecular formula is C14H15N5O2S2. The minimum absolute atomic E-state index is 0.324. The van der Waals surface area contributed by atoms with Crippen molar-refractivity contribution in [1.82, 2.24) is 25.1 Å². The summed E-state index contributed by atoms with van der Waals surface area (Å²) in [5.41, 5.74) is 0.831. The number of aromatic nitrogens is 5. The van der Waals surface area contributed by atoms with E-state index in [4.69, 9.17) is 4.74 Å². The van der Waals surface area contributed by atoms with Gasteiger partial charge in [-0.2, -0.15) is 0 Å². The molecule has 3 aromatic heterocycles. The number of rotatable bonds is 5. The zero-order chi connectivity index (χ0) is 16.4. The Bertz CT molecular complexity index is 858. The molecule has 0 atom stereocenters. The Morgan fingerprint density at radius 3 is 2.91 bits per heavy atom. The predicted molar refractivity (Wildman–Crippen MR) is 88.0 cm³/mol. The van der Waals surface area contributed by atoms with Crippen molar-refractivity contribution in [3.8, 4) is 0 Å². The van der Waals surface area contributed by atoms with E-state index in [0.29, 0.717) is 16.6 Å². The van der Waals surface area contributed by atoms with Crippen LogP contribution in [0.1, 0.15) is 34.9 Å². The van der Waals surface area contributed by atoms with Crippen molar-refractivity contribution in [3.05, 3.63) is 22.6 Å². The van der Waals surface area contributed by atoms with Gasteiger partial charge in [-0.3, -0.25) is 5.10 Å². The highest BCUT2D eigenvalue weighted by atomic mass is 32.2. The fraction of sp³-hybridized carbons (Fsp3) is 0.357. The molecule has 0 spiro atoms. The zero-order valence-corrected chi connectivity index (χ0v) is 14.5. The lowest BCUT2D eigenvalue weighted by atomic mass is 10.2. The van der Waals surface area contributed by atoms with E-state index in [9.17, 15) is 4.79 Å². The molecule has 23 heavy (non-hydrogen) atoms. The van der Waals surface area contributed by atoms with Gasteiger partial charge in [-0.25, -0.2) is 19.7 Å². The molecule has 3 rings (SSSR count). The lowest BCUT2D eigenvalue weighted by Gasteiger charge is -2.01. The van der Waals surface area contributed by atoms with Gasteiger partial charge in [0.1, 0.15) is 26.9 Å². The maximum Gasteiger partial charge on any atom is 0.348 e. The molecule has 120 valence electrons. The highest BCUT2D eigenvalue weighted by Crippen LogP contribution is 2.37. The van der Waals surface area contributed by atoms with Crippen LogP contribution < -0.4 is 0 Å². The Labute approximate surface area is 140 Å². The van der Waals surface area contributed by atoms with Gasteiger partial charge in [-0.1, -0.05) is 6.92 Å². The number of ether oxygens (including phenoxy) is 1. The van der Waals surface area contributed by atoms with Crippen molar-refractivity contribution < 1.29 is 9.53 Å². The fourth-order valence-corrected chi connectivity index (χ4v) is 4.05. The second-order valence-electron chi connectivity index (χ2n) is 4.66. The molecular weight excluding hydrogens is 334 g/mol. The quantitative estimate of drug-likeness (QED) is 0.559. The number of thiophene rings is 1. The van der Waals surface area contributed by atoms with E-state index in [0.717, 1.165) is 33.1 Å². The summed E-state index contributed by atoms with van der Waals surface area (Å²) in [5, 5.41) is 9.24. The van der Waals surface area contributed by atoms with E-state index in [-0.39, 0.29) is 5.97 Å². The third kappa shape index (κ3) is 3.06. The van der Waals surface area contributed by atoms with E-state index in [1.54, 1.807) is 6.92 Å². The van der Waals surface area contributed by atoms with Gasteiger partial charge in [0.2, 0.25) is 5.16 Å². The van der Waals surface area contributed by atoms with Crippen LogP contribution in [-0.4, -0.2) is 37.7 Å². The first kappa shape index (κ1) is 15.9. The lowest BCUT2D eigenvalue weighted by molar-refractivity contribution is 0.0531. The largest absolute Gasteiger partial charge is 0.462 e. The predicted octanol–water partition coefficient (Wildman–Crippen LogP) is 3.01. The average molecular weight is 349 g/mol. The summed E-state index contributed by atoms with van der Waals surface area (Å²) in [5.74, 6) is 0.502. The first-order chi connectivity index (χ1) is 11.1. The SMILES string of the molecule is CCOC(=O)c1sc2ncnc(Sc3n[nH]c(CC)n3)c2c1C. The van der Waals surface area contributed by atoms with Crippen LogP contribution >= 0.6 is 23.1 Å². The van der Waals surface area contributed by atoms with Crippen molar-refractivity contribution in [2.24, 2.45) is 0 Å². The van der Waals surface area contributed by atoms with E-state index >= 15 is 0 Å². The summed E-state index contributed by atoms with van der Waals surface area (Å²) in [6.45, 7) is 6.02. The molecule has 3 heterocycles. The van der Waals surface area contributed by atoms with Crippen molar-refractivity contribution in [3.63, 3.8) is 0 Å². The summed E-state index contributed by atoms with van der Waals surface area (Å²) in [6.07, 6.45) is 2.28. The Morgan fingerprint density at radius 2 is 2.22 bits per heavy atom. The summed E-state index contributed by atoms with van der Waals surface area (Å²) >= 11 is 2.67. The third-order valence-electron chi connectivity index (χ3n) is 3.19. The minimum atomic E-state index is -0.324. The lowest BCUT2D eigenvalue weighted by Crippen LogP contribution is -2.03. The summed E-state index contributed by atoms with van der Waals surface area (Å²) in [4.78, 5) is 26.3. The number of hydrogen-bond donors (Lipinski definition) is 1. The van der Waals surface area contributed by atoms with Crippen LogP contribution in [-0.2, 0) is 11.2 Å². The van der Waals surface area contributed by atoms with Crippen molar-refractivity contribution in [2.45, 2.75) is 37.4 Å². The van der Waals surface area contributed by atoms with Crippen molar-refractivity contribution >= 4 is 39.3 Å². The highest BCUT2D eigenvalue weighted by molar-refractivity contribution is 7.99. The molecule has 0 bridgehead atoms. The molecule has 0 unspecified atom stereocenters. The maximum atomic E-state index is 12.1. The second-order valence-corrected chi connectivity index (χ2v) is 6.61. The number of nitrogens with one attached hydrogen (secondary N) is 1. The first-order valence-electron chi connectivity index (χ1n) is 7.14. The number of aromatic amines is 1. The number of aryl methyl sites for hydroxylation is 2. The van der Waals surface area contributed by atoms with E-state index in [1.165, 1.54) is 29.4 Å². The van der Waals surface area contributed by atoms with E-state index in [1.807, 2.05) is 13.8 Å². The molecule has 0 aliphatic rings. The van der Waals surface area contributed by atoms with Crippen molar-refractivity contribution in [1.29, 1.82) is 0 Å². The van der Waals surface area contributed by atoms with Crippen LogP contribution in [0.5, 0.6) is 0 Å². The van der Waals surface area contributed by atoms with Crippen LogP contribution in [0.25, 0.3) is 10.2 Å². The van der Waals surface area contributed by atoms with Crippen LogP contribution in [0, 0.1) is 6.92 Å². The maximum absolute atomic E-state index is 12.1. The molecule has 3 aromatic rings. The molecule has 0 radical (unpaired) electrons. The number of nitrogens with zero attached hydrogens (tertiary/aromatic N) is 4. The van der Waals surface area contributed by atoms with Gasteiger partial charge in [-0.15, -0.1) is 16.4 Å². The van der Waals surface area contributed by atoms with Gasteiger partial charge in [0.15, 0.2) is 0 Å². The monoisotopic (exact) mass is 349 g/mol. The van der Waals surface area contributed by atoms with E-state index in [2.05, 4.69) is 25.1 Å². The molecule has 0 saturated carbocycles. The zero-order valence-electron chi connectivity index (χ0n) is 12.9. The van der Waals surface area contributed by atoms with Gasteiger partial charge in [-0.05, 0) is 31.2 Å². The topological polar surface area (TPSA) is 93.6 Å². The molecule has 0 amide bonds. The standard InChI is InChI=1S/C14H15N5O2S2/c1-4-8-17-14(19-18-8)23-12-9-7(3)10(13(20)21-5-2)22-11(9)15-6-16-12/h6H,4-5H2,1-3H3,(H,17,18,19). The molecule has 1 N–H and O–H groups in total. The Hall–Kier alpha value is -2.00. The van der Waals surface area contributed by atoms with Crippen LogP contribution in [0.4, 0.5) is 0 Å². The summed E-state index contributed by atoms with van der Waals surface area (Å²) in [7, 11) is 0. The molecule has 0 fully saturated rings. The second kappa shape index (κ2) is 6.63. The van der Waals surface area contributed by atoms with Gasteiger partial charge in [0, 0.05) is 11.8 Å². The van der Waals surface area contributed by atoms with Crippen LogP contribution in [0.3, 0.4) is 0 Å². The van der Waals surface area contributed by atoms with Gasteiger partial charge in [0.25, 0.3) is 0 Å². The van der Waals surface area contributed by atoms with Gasteiger partial charge in [0.05, 0.1) is 6.61 Å². The Balaban J connectivity index is 2.02. The highest BCUT2D eigenvalue weighted by Gasteiger charge is 2.21. The molecule has 0 saturated heterocycles. The average Bonchev–Trinajstić information content (AvgIpc) is 3.13. The normalized spacial score (nSPS) is 11.1. The van der Waals surface area contributed by atoms with Crippen molar-refractivity contribution in [2.75, 3.05) is 6.61 Å². The summed E-state index contributed by atoms with van der Waals surface area (Å²) < 4.78 is 5.10. The number of fused-ring (bicyclic) bond motifs is 1. The van der Waals surface area contributed by atoms with Crippen LogP contribution in [0.2, 0.25) is 0 Å². The van der Waals surface area contributed by atoms with Gasteiger partial charge >= 0.3 is 5.97 Å². The number of hydrogen-bond acceptors (Lipinski definition) is 8. The molecule has 7 nitrogen and oxygen atoms in total. The number of H-pyrrole nitrogens is 1. The minimum Gasteiger partial charge on any atom is -0.462 e. The molecule has 0 aromatic carbocycles. The van der Waals surface area contributed by atoms with Crippen LogP contribution in [0.15, 0.2) is 16.5 Å². The molecule has 0 aliphatic heterocycles. The van der Waals surface area contributed by atoms with Gasteiger partial charge < -0.3 is 4.74 Å². The number of esters is 1. The summed E-state index contributed by atoms with van der Waals surface area (Å²) in [6, 6.07) is 0. The third-order valence-corrected chi connectivity index (χ3v) is 5.23. The first-order valence-corrected chi connectivity index (χ1v) is 8.77. The Morgan fingerprint density at radius 1 is 1.39 bits per heavy atom.